The molecular weight excluding hydrogens is 965 g/mol. The van der Waals surface area contributed by atoms with Crippen molar-refractivity contribution in [1.29, 1.82) is 0 Å². The van der Waals surface area contributed by atoms with E-state index >= 15 is 0 Å². The second-order valence-corrected chi connectivity index (χ2v) is 24.8. The molecule has 0 atom stereocenters. The number of fused-ring (bicyclic) bond motifs is 6. The van der Waals surface area contributed by atoms with Crippen LogP contribution in [0.25, 0.3) is 66.6 Å². The number of para-hydroxylation sites is 2. The minimum absolute atomic E-state index is 0.631. The molecule has 10 aromatic carbocycles. The van der Waals surface area contributed by atoms with Gasteiger partial charge in [-0.2, -0.15) is 0 Å². The van der Waals surface area contributed by atoms with E-state index < -0.39 is 20.1 Å². The molecule has 0 unspecified atom stereocenters. The smallest absolute Gasteiger partial charge is 0.235 e. The summed E-state index contributed by atoms with van der Waals surface area (Å²) in [7, 11) is -4.08. The van der Waals surface area contributed by atoms with Crippen molar-refractivity contribution in [2.45, 2.75) is 39.4 Å². The lowest BCUT2D eigenvalue weighted by Crippen LogP contribution is -2.10. The average molecular weight is 1010 g/mol. The van der Waals surface area contributed by atoms with Crippen LogP contribution in [0.3, 0.4) is 0 Å². The van der Waals surface area contributed by atoms with Crippen molar-refractivity contribution in [2.24, 2.45) is 0 Å². The van der Waals surface area contributed by atoms with Gasteiger partial charge in [0.2, 0.25) is 11.9 Å². The predicted molar refractivity (Wildman–Crippen MR) is 312 cm³/mol. The summed E-state index contributed by atoms with van der Waals surface area (Å²) in [4.78, 5) is 28.7. The summed E-state index contributed by atoms with van der Waals surface area (Å²) in [6.07, 6.45) is 3.87. The molecule has 6 nitrogen and oxygen atoms in total. The van der Waals surface area contributed by atoms with E-state index in [1.807, 2.05) is 12.4 Å². The van der Waals surface area contributed by atoms with Crippen LogP contribution in [0.2, 0.25) is 0 Å². The minimum atomic E-state index is -2.04. The SMILES string of the molecule is c1ccc(S(c2ccccc2)(c2ccccc2)c2ccnc(-n3c4ccccc4c4cc(-c5ccc6c(c5)c5ccccc5n6-c5nccc(S(c6ccccc6)(c6ccccc6)c6ccccc6)n5)ccc43)n2)cc1. The van der Waals surface area contributed by atoms with Gasteiger partial charge in [0.25, 0.3) is 0 Å². The summed E-state index contributed by atoms with van der Waals surface area (Å²) >= 11 is 0. The Balaban J connectivity index is 0.912. The maximum atomic E-state index is 5.63. The maximum absolute atomic E-state index is 5.63. The minimum Gasteiger partial charge on any atom is -0.278 e. The summed E-state index contributed by atoms with van der Waals surface area (Å²) in [6, 6.07) is 100. The first-order chi connectivity index (χ1) is 37.7. The van der Waals surface area contributed by atoms with Gasteiger partial charge in [0, 0.05) is 63.3 Å². The highest BCUT2D eigenvalue weighted by molar-refractivity contribution is 8.34. The Morgan fingerprint density at radius 2 is 0.526 bits per heavy atom. The summed E-state index contributed by atoms with van der Waals surface area (Å²) in [5.74, 6) is 1.26. The number of hydrogen-bond donors (Lipinski definition) is 0. The van der Waals surface area contributed by atoms with Gasteiger partial charge in [0.1, 0.15) is 0 Å². The average Bonchev–Trinajstić information content (AvgIpc) is 4.10. The first-order valence-corrected chi connectivity index (χ1v) is 28.7. The van der Waals surface area contributed by atoms with E-state index in [1.54, 1.807) is 0 Å². The molecule has 4 heterocycles. The molecule has 8 heteroatoms. The standard InChI is InChI=1S/C68H48N6S2/c1-7-23-51(24-8-1)75(52-25-9-2-10-26-52,53-27-11-3-12-28-53)65-43-45-69-67(71-65)73-61-37-21-19-35-57(61)59-47-49(39-41-63(59)73)50-40-42-64-60(48-50)58-36-20-22-38-62(58)74(64)68-70-46-44-66(72-68)76(54-29-13-4-14-30-54,55-31-15-5-16-32-55)56-33-17-6-18-34-56/h1-48H. The summed E-state index contributed by atoms with van der Waals surface area (Å²) in [5.41, 5.74) is 6.40. The normalized spacial score (nSPS) is 12.4. The van der Waals surface area contributed by atoms with Gasteiger partial charge in [0.05, 0.1) is 32.1 Å². The Labute approximate surface area is 444 Å². The van der Waals surface area contributed by atoms with Crippen molar-refractivity contribution < 1.29 is 0 Å². The fourth-order valence-corrected chi connectivity index (χ4v) is 18.7. The predicted octanol–water partition coefficient (Wildman–Crippen LogP) is 17.8. The van der Waals surface area contributed by atoms with Gasteiger partial charge in [-0.1, -0.05) is 158 Å². The fraction of sp³-hybridized carbons (Fsp3) is 0. The van der Waals surface area contributed by atoms with E-state index in [1.165, 1.54) is 29.4 Å². The number of benzene rings is 10. The molecule has 0 amide bonds. The summed E-state index contributed by atoms with van der Waals surface area (Å²) in [5, 5.41) is 6.47. The van der Waals surface area contributed by atoms with Gasteiger partial charge < -0.3 is 0 Å². The van der Waals surface area contributed by atoms with Gasteiger partial charge >= 0.3 is 0 Å². The largest absolute Gasteiger partial charge is 0.278 e. The van der Waals surface area contributed by atoms with E-state index in [-0.39, 0.29) is 0 Å². The fourth-order valence-electron chi connectivity index (χ4n) is 11.2. The topological polar surface area (TPSA) is 61.4 Å². The Morgan fingerprint density at radius 1 is 0.250 bits per heavy atom. The van der Waals surface area contributed by atoms with Crippen LogP contribution < -0.4 is 0 Å². The molecule has 0 radical (unpaired) electrons. The Kier molecular flexibility index (Phi) is 11.2. The molecule has 0 fully saturated rings. The van der Waals surface area contributed by atoms with Crippen molar-refractivity contribution in [1.82, 2.24) is 29.1 Å². The second kappa shape index (κ2) is 18.9. The first kappa shape index (κ1) is 45.3. The van der Waals surface area contributed by atoms with Crippen LogP contribution in [-0.4, -0.2) is 29.1 Å². The highest BCUT2D eigenvalue weighted by Crippen LogP contribution is 2.74. The van der Waals surface area contributed by atoms with Crippen molar-refractivity contribution in [3.8, 4) is 23.0 Å². The molecule has 14 aromatic rings. The maximum Gasteiger partial charge on any atom is 0.235 e. The first-order valence-electron chi connectivity index (χ1n) is 25.4. The van der Waals surface area contributed by atoms with E-state index in [0.29, 0.717) is 11.9 Å². The third-order valence-corrected chi connectivity index (χ3v) is 22.1. The van der Waals surface area contributed by atoms with Crippen LogP contribution >= 0.6 is 20.1 Å². The van der Waals surface area contributed by atoms with Crippen molar-refractivity contribution >= 4 is 63.7 Å². The molecule has 0 spiro atoms. The molecule has 0 saturated heterocycles. The van der Waals surface area contributed by atoms with Crippen LogP contribution in [-0.2, 0) is 0 Å². The lowest BCUT2D eigenvalue weighted by atomic mass is 10.0. The van der Waals surface area contributed by atoms with Crippen LogP contribution in [0.1, 0.15) is 0 Å². The lowest BCUT2D eigenvalue weighted by Gasteiger charge is -2.40. The lowest BCUT2D eigenvalue weighted by molar-refractivity contribution is 0.923. The van der Waals surface area contributed by atoms with E-state index in [9.17, 15) is 0 Å². The van der Waals surface area contributed by atoms with Crippen molar-refractivity contribution in [2.75, 3.05) is 0 Å². The quantitative estimate of drug-likeness (QED) is 0.121. The summed E-state index contributed by atoms with van der Waals surface area (Å²) < 4.78 is 4.47. The molecule has 0 bridgehead atoms. The van der Waals surface area contributed by atoms with Gasteiger partial charge in [-0.05, 0) is 132 Å². The number of nitrogens with zero attached hydrogens (tertiary/aromatic N) is 6. The van der Waals surface area contributed by atoms with Crippen LogP contribution in [0.15, 0.2) is 331 Å². The molecule has 0 aliphatic carbocycles. The molecule has 14 rings (SSSR count). The van der Waals surface area contributed by atoms with Gasteiger partial charge in [0.15, 0.2) is 0 Å². The van der Waals surface area contributed by atoms with Gasteiger partial charge in [-0.15, -0.1) is 20.1 Å². The number of hydrogen-bond acceptors (Lipinski definition) is 4. The second-order valence-electron chi connectivity index (χ2n) is 18.7. The third kappa shape index (κ3) is 7.21. The van der Waals surface area contributed by atoms with Gasteiger partial charge in [-0.3, -0.25) is 9.13 Å². The Morgan fingerprint density at radius 3 is 0.842 bits per heavy atom. The zero-order valence-corrected chi connectivity index (χ0v) is 42.8. The zero-order chi connectivity index (χ0) is 50.5. The summed E-state index contributed by atoms with van der Waals surface area (Å²) in [6.45, 7) is 0. The highest BCUT2D eigenvalue weighted by atomic mass is 32.3. The molecule has 0 aliphatic heterocycles. The molecule has 362 valence electrons. The van der Waals surface area contributed by atoms with Crippen LogP contribution in [0, 0.1) is 0 Å². The van der Waals surface area contributed by atoms with Crippen molar-refractivity contribution in [3.63, 3.8) is 0 Å². The van der Waals surface area contributed by atoms with Crippen molar-refractivity contribution in [3.05, 3.63) is 291 Å². The molecule has 0 aliphatic rings. The molecule has 0 saturated carbocycles. The molecule has 4 aromatic heterocycles. The number of aromatic nitrogens is 6. The highest BCUT2D eigenvalue weighted by Gasteiger charge is 2.37. The zero-order valence-electron chi connectivity index (χ0n) is 41.2. The van der Waals surface area contributed by atoms with E-state index in [0.717, 1.165) is 64.8 Å². The molecular formula is C68H48N6S2. The Hall–Kier alpha value is -9.34. The van der Waals surface area contributed by atoms with Crippen LogP contribution in [0.5, 0.6) is 0 Å². The Bertz CT molecular complexity index is 3920. The molecule has 0 N–H and O–H groups in total. The number of rotatable bonds is 11. The van der Waals surface area contributed by atoms with E-state index in [2.05, 4.69) is 288 Å². The van der Waals surface area contributed by atoms with Gasteiger partial charge in [-0.25, -0.2) is 19.9 Å². The van der Waals surface area contributed by atoms with Crippen LogP contribution in [0.4, 0.5) is 0 Å². The van der Waals surface area contributed by atoms with E-state index in [4.69, 9.17) is 19.9 Å². The molecule has 76 heavy (non-hydrogen) atoms. The third-order valence-electron chi connectivity index (χ3n) is 14.5. The monoisotopic (exact) mass is 1010 g/mol.